The number of para-hydroxylation sites is 2. The standard InChI is InChI=1S/C24H25N3O/c1-18(17-26-16-15-19-7-3-2-4-8-19)20-11-13-21(14-12-20)24(28)27-23-10-6-5-9-22(23)25/h2-14,26H,1,15-17,25H2,(H,27,28). The van der Waals surface area contributed by atoms with Crippen molar-refractivity contribution in [2.24, 2.45) is 0 Å². The van der Waals surface area contributed by atoms with Crippen LogP contribution in [0.5, 0.6) is 0 Å². The van der Waals surface area contributed by atoms with Gasteiger partial charge in [-0.25, -0.2) is 0 Å². The summed E-state index contributed by atoms with van der Waals surface area (Å²) in [5.41, 5.74) is 10.9. The van der Waals surface area contributed by atoms with E-state index in [1.54, 1.807) is 24.3 Å². The Labute approximate surface area is 166 Å². The highest BCUT2D eigenvalue weighted by molar-refractivity contribution is 6.05. The summed E-state index contributed by atoms with van der Waals surface area (Å²) in [7, 11) is 0. The SMILES string of the molecule is C=C(CNCCc1ccccc1)c1ccc(C(=O)Nc2ccccc2N)cc1. The van der Waals surface area contributed by atoms with Crippen LogP contribution in [0.3, 0.4) is 0 Å². The van der Waals surface area contributed by atoms with Gasteiger partial charge < -0.3 is 16.4 Å². The normalized spacial score (nSPS) is 10.4. The molecule has 1 amide bonds. The van der Waals surface area contributed by atoms with Gasteiger partial charge in [0.1, 0.15) is 0 Å². The maximum absolute atomic E-state index is 12.4. The van der Waals surface area contributed by atoms with Crippen LogP contribution in [0.15, 0.2) is 85.4 Å². The third-order valence-corrected chi connectivity index (χ3v) is 4.54. The number of amides is 1. The number of nitrogens with one attached hydrogen (secondary N) is 2. The number of rotatable bonds is 8. The maximum Gasteiger partial charge on any atom is 0.255 e. The molecule has 142 valence electrons. The summed E-state index contributed by atoms with van der Waals surface area (Å²) in [6, 6.07) is 25.0. The fourth-order valence-corrected chi connectivity index (χ4v) is 2.88. The van der Waals surface area contributed by atoms with Crippen molar-refractivity contribution < 1.29 is 4.79 Å². The summed E-state index contributed by atoms with van der Waals surface area (Å²) in [5, 5.41) is 6.25. The number of benzene rings is 3. The maximum atomic E-state index is 12.4. The van der Waals surface area contributed by atoms with Gasteiger partial charge in [-0.1, -0.05) is 61.2 Å². The molecule has 3 aromatic rings. The van der Waals surface area contributed by atoms with Crippen molar-refractivity contribution in [1.29, 1.82) is 0 Å². The van der Waals surface area contributed by atoms with Crippen LogP contribution in [0.2, 0.25) is 0 Å². The second-order valence-corrected chi connectivity index (χ2v) is 6.63. The minimum atomic E-state index is -0.184. The number of nitrogen functional groups attached to an aromatic ring is 1. The van der Waals surface area contributed by atoms with Gasteiger partial charge in [-0.15, -0.1) is 0 Å². The van der Waals surface area contributed by atoms with Gasteiger partial charge in [0, 0.05) is 12.1 Å². The predicted molar refractivity (Wildman–Crippen MR) is 117 cm³/mol. The summed E-state index contributed by atoms with van der Waals surface area (Å²) >= 11 is 0. The molecule has 3 rings (SSSR count). The van der Waals surface area contributed by atoms with E-state index in [-0.39, 0.29) is 5.91 Å². The molecule has 4 heteroatoms. The van der Waals surface area contributed by atoms with Gasteiger partial charge in [0.25, 0.3) is 5.91 Å². The van der Waals surface area contributed by atoms with E-state index in [4.69, 9.17) is 5.73 Å². The highest BCUT2D eigenvalue weighted by atomic mass is 16.1. The number of nitrogens with two attached hydrogens (primary N) is 1. The van der Waals surface area contributed by atoms with Gasteiger partial charge >= 0.3 is 0 Å². The first kappa shape index (κ1) is 19.4. The van der Waals surface area contributed by atoms with Crippen LogP contribution < -0.4 is 16.4 Å². The number of carbonyl (C=O) groups excluding carboxylic acids is 1. The smallest absolute Gasteiger partial charge is 0.255 e. The first-order valence-electron chi connectivity index (χ1n) is 9.32. The third kappa shape index (κ3) is 5.32. The molecule has 28 heavy (non-hydrogen) atoms. The van der Waals surface area contributed by atoms with Crippen molar-refractivity contribution in [3.63, 3.8) is 0 Å². The Balaban J connectivity index is 1.49. The van der Waals surface area contributed by atoms with Gasteiger partial charge in [-0.2, -0.15) is 0 Å². The molecule has 0 saturated carbocycles. The molecule has 0 bridgehead atoms. The molecule has 0 fully saturated rings. The lowest BCUT2D eigenvalue weighted by molar-refractivity contribution is 0.102. The van der Waals surface area contributed by atoms with Gasteiger partial charge in [0.2, 0.25) is 0 Å². The molecule has 0 unspecified atom stereocenters. The molecule has 0 aromatic heterocycles. The molecule has 0 aliphatic carbocycles. The molecule has 4 N–H and O–H groups in total. The molecule has 0 radical (unpaired) electrons. The molecular weight excluding hydrogens is 346 g/mol. The molecule has 0 aliphatic rings. The van der Waals surface area contributed by atoms with Gasteiger partial charge in [0.05, 0.1) is 11.4 Å². The number of carbonyl (C=O) groups is 1. The summed E-state index contributed by atoms with van der Waals surface area (Å²) < 4.78 is 0. The van der Waals surface area contributed by atoms with Crippen LogP contribution in [0.1, 0.15) is 21.5 Å². The van der Waals surface area contributed by atoms with E-state index in [0.29, 0.717) is 23.5 Å². The van der Waals surface area contributed by atoms with Gasteiger partial charge in [-0.05, 0) is 53.9 Å². The number of hydrogen-bond donors (Lipinski definition) is 3. The third-order valence-electron chi connectivity index (χ3n) is 4.54. The fourth-order valence-electron chi connectivity index (χ4n) is 2.88. The highest BCUT2D eigenvalue weighted by Crippen LogP contribution is 2.19. The molecule has 0 heterocycles. The van der Waals surface area contributed by atoms with Crippen LogP contribution in [0.4, 0.5) is 11.4 Å². The first-order chi connectivity index (χ1) is 13.6. The zero-order chi connectivity index (χ0) is 19.8. The van der Waals surface area contributed by atoms with Crippen molar-refractivity contribution >= 4 is 22.9 Å². The van der Waals surface area contributed by atoms with Crippen LogP contribution in [0, 0.1) is 0 Å². The molecule has 0 aliphatic heterocycles. The second-order valence-electron chi connectivity index (χ2n) is 6.63. The Morgan fingerprint density at radius 2 is 1.50 bits per heavy atom. The summed E-state index contributed by atoms with van der Waals surface area (Å²) in [4.78, 5) is 12.4. The molecular formula is C24H25N3O. The van der Waals surface area contributed by atoms with E-state index >= 15 is 0 Å². The quantitative estimate of drug-likeness (QED) is 0.407. The Morgan fingerprint density at radius 1 is 0.857 bits per heavy atom. The Morgan fingerprint density at radius 3 is 2.21 bits per heavy atom. The molecule has 0 spiro atoms. The average Bonchev–Trinajstić information content (AvgIpc) is 2.73. The zero-order valence-electron chi connectivity index (χ0n) is 15.8. The van der Waals surface area contributed by atoms with Crippen LogP contribution in [-0.2, 0) is 6.42 Å². The lowest BCUT2D eigenvalue weighted by Gasteiger charge is -2.10. The largest absolute Gasteiger partial charge is 0.397 e. The van der Waals surface area contributed by atoms with E-state index in [1.807, 2.05) is 30.3 Å². The van der Waals surface area contributed by atoms with Crippen molar-refractivity contribution in [1.82, 2.24) is 5.32 Å². The summed E-state index contributed by atoms with van der Waals surface area (Å²) in [6.45, 7) is 5.74. The fraction of sp³-hybridized carbons (Fsp3) is 0.125. The van der Waals surface area contributed by atoms with Crippen LogP contribution >= 0.6 is 0 Å². The van der Waals surface area contributed by atoms with Crippen LogP contribution in [0.25, 0.3) is 5.57 Å². The topological polar surface area (TPSA) is 67.2 Å². The second kappa shape index (κ2) is 9.53. The molecule has 0 atom stereocenters. The van der Waals surface area contributed by atoms with Crippen LogP contribution in [-0.4, -0.2) is 19.0 Å². The van der Waals surface area contributed by atoms with E-state index in [0.717, 1.165) is 24.1 Å². The predicted octanol–water partition coefficient (Wildman–Crippen LogP) is 4.37. The van der Waals surface area contributed by atoms with E-state index in [9.17, 15) is 4.79 Å². The number of hydrogen-bond acceptors (Lipinski definition) is 3. The summed E-state index contributed by atoms with van der Waals surface area (Å²) in [6.07, 6.45) is 0.982. The lowest BCUT2D eigenvalue weighted by Crippen LogP contribution is -2.19. The van der Waals surface area contributed by atoms with E-state index < -0.39 is 0 Å². The molecule has 0 saturated heterocycles. The molecule has 4 nitrogen and oxygen atoms in total. The van der Waals surface area contributed by atoms with E-state index in [1.165, 1.54) is 5.56 Å². The Hall–Kier alpha value is -3.37. The molecule has 3 aromatic carbocycles. The number of anilines is 2. The highest BCUT2D eigenvalue weighted by Gasteiger charge is 2.08. The van der Waals surface area contributed by atoms with Gasteiger partial charge in [0.15, 0.2) is 0 Å². The van der Waals surface area contributed by atoms with Crippen molar-refractivity contribution in [2.45, 2.75) is 6.42 Å². The van der Waals surface area contributed by atoms with E-state index in [2.05, 4.69) is 41.5 Å². The Kier molecular flexibility index (Phi) is 6.60. The van der Waals surface area contributed by atoms with Crippen molar-refractivity contribution in [2.75, 3.05) is 24.1 Å². The average molecular weight is 371 g/mol. The first-order valence-corrected chi connectivity index (χ1v) is 9.32. The van der Waals surface area contributed by atoms with Crippen molar-refractivity contribution in [3.05, 3.63) is 102 Å². The summed E-state index contributed by atoms with van der Waals surface area (Å²) in [5.74, 6) is -0.184. The Bertz CT molecular complexity index is 934. The minimum Gasteiger partial charge on any atom is -0.397 e. The minimum absolute atomic E-state index is 0.184. The lowest BCUT2D eigenvalue weighted by atomic mass is 10.0. The zero-order valence-corrected chi connectivity index (χ0v) is 15.8. The van der Waals surface area contributed by atoms with Crippen molar-refractivity contribution in [3.8, 4) is 0 Å². The van der Waals surface area contributed by atoms with Gasteiger partial charge in [-0.3, -0.25) is 4.79 Å². The monoisotopic (exact) mass is 371 g/mol.